The van der Waals surface area contributed by atoms with E-state index in [9.17, 15) is 9.59 Å². The molecule has 0 fully saturated rings. The van der Waals surface area contributed by atoms with Gasteiger partial charge in [-0.15, -0.1) is 0 Å². The van der Waals surface area contributed by atoms with Crippen molar-refractivity contribution in [3.8, 4) is 0 Å². The second-order valence-electron chi connectivity index (χ2n) is 4.28. The van der Waals surface area contributed by atoms with E-state index in [-0.39, 0.29) is 24.7 Å². The summed E-state index contributed by atoms with van der Waals surface area (Å²) in [7, 11) is 0. The Morgan fingerprint density at radius 2 is 1.89 bits per heavy atom. The molecule has 1 aromatic carbocycles. The molecule has 0 saturated heterocycles. The number of carbonyl (C=O) groups excluding carboxylic acids is 2. The van der Waals surface area contributed by atoms with E-state index in [2.05, 4.69) is 5.32 Å². The molecule has 0 aliphatic carbocycles. The highest BCUT2D eigenvalue weighted by Gasteiger charge is 2.07. The minimum absolute atomic E-state index is 0.102. The molecule has 5 nitrogen and oxygen atoms in total. The molecular formula is C14H20N2O3. The summed E-state index contributed by atoms with van der Waals surface area (Å²) in [6, 6.07) is 7.33. The van der Waals surface area contributed by atoms with E-state index >= 15 is 0 Å². The van der Waals surface area contributed by atoms with Crippen LogP contribution in [0.5, 0.6) is 0 Å². The van der Waals surface area contributed by atoms with Gasteiger partial charge in [0.05, 0.1) is 13.0 Å². The van der Waals surface area contributed by atoms with Crippen LogP contribution >= 0.6 is 0 Å². The Labute approximate surface area is 113 Å². The molecule has 0 aliphatic rings. The first-order valence-electron chi connectivity index (χ1n) is 6.32. The lowest BCUT2D eigenvalue weighted by molar-refractivity contribution is -0.124. The van der Waals surface area contributed by atoms with Crippen molar-refractivity contribution < 1.29 is 14.7 Å². The molecule has 0 heterocycles. The SMILES string of the molecule is CCN(CCO)c1ccc(NC(=O)CC(C)=O)cc1. The molecule has 19 heavy (non-hydrogen) atoms. The lowest BCUT2D eigenvalue weighted by atomic mass is 10.2. The highest BCUT2D eigenvalue weighted by atomic mass is 16.3. The summed E-state index contributed by atoms with van der Waals surface area (Å²) in [6.45, 7) is 4.88. The van der Waals surface area contributed by atoms with Crippen LogP contribution in [-0.2, 0) is 9.59 Å². The fraction of sp³-hybridized carbons (Fsp3) is 0.429. The smallest absolute Gasteiger partial charge is 0.231 e. The van der Waals surface area contributed by atoms with Gasteiger partial charge >= 0.3 is 0 Å². The van der Waals surface area contributed by atoms with E-state index in [1.54, 1.807) is 12.1 Å². The van der Waals surface area contributed by atoms with Gasteiger partial charge in [-0.1, -0.05) is 0 Å². The van der Waals surface area contributed by atoms with E-state index in [0.717, 1.165) is 12.2 Å². The van der Waals surface area contributed by atoms with Crippen molar-refractivity contribution >= 4 is 23.1 Å². The van der Waals surface area contributed by atoms with Gasteiger partial charge in [-0.25, -0.2) is 0 Å². The summed E-state index contributed by atoms with van der Waals surface area (Å²) in [5, 5.41) is 11.6. The number of hydrogen-bond acceptors (Lipinski definition) is 4. The van der Waals surface area contributed by atoms with Crippen LogP contribution in [0.3, 0.4) is 0 Å². The summed E-state index contributed by atoms with van der Waals surface area (Å²) in [5.74, 6) is -0.461. The highest BCUT2D eigenvalue weighted by molar-refractivity contribution is 6.03. The molecule has 5 heteroatoms. The number of benzene rings is 1. The maximum Gasteiger partial charge on any atom is 0.231 e. The Hall–Kier alpha value is -1.88. The van der Waals surface area contributed by atoms with Crippen LogP contribution in [0.2, 0.25) is 0 Å². The monoisotopic (exact) mass is 264 g/mol. The molecule has 0 saturated carbocycles. The largest absolute Gasteiger partial charge is 0.395 e. The van der Waals surface area contributed by atoms with Crippen molar-refractivity contribution in [3.05, 3.63) is 24.3 Å². The number of amides is 1. The Morgan fingerprint density at radius 3 is 2.37 bits per heavy atom. The topological polar surface area (TPSA) is 69.6 Å². The summed E-state index contributed by atoms with van der Waals surface area (Å²) in [6.07, 6.45) is -0.104. The van der Waals surface area contributed by atoms with Crippen molar-refractivity contribution in [2.45, 2.75) is 20.3 Å². The van der Waals surface area contributed by atoms with Crippen LogP contribution in [0.25, 0.3) is 0 Å². The fourth-order valence-electron chi connectivity index (χ4n) is 1.78. The number of aliphatic hydroxyl groups is 1. The summed E-state index contributed by atoms with van der Waals surface area (Å²) in [5.41, 5.74) is 1.65. The van der Waals surface area contributed by atoms with Gasteiger partial charge in [0.1, 0.15) is 5.78 Å². The number of carbonyl (C=O) groups is 2. The molecule has 0 aliphatic heterocycles. The third kappa shape index (κ3) is 5.09. The minimum atomic E-state index is -0.303. The van der Waals surface area contributed by atoms with Crippen LogP contribution in [0.15, 0.2) is 24.3 Å². The normalized spacial score (nSPS) is 10.1. The van der Waals surface area contributed by atoms with Crippen LogP contribution in [-0.4, -0.2) is 36.5 Å². The minimum Gasteiger partial charge on any atom is -0.395 e. The number of likely N-dealkylation sites (N-methyl/N-ethyl adjacent to an activating group) is 1. The molecule has 0 spiro atoms. The molecule has 0 aromatic heterocycles. The first-order chi connectivity index (χ1) is 9.06. The van der Waals surface area contributed by atoms with Crippen molar-refractivity contribution in [3.63, 3.8) is 0 Å². The van der Waals surface area contributed by atoms with Gasteiger partial charge in [0.2, 0.25) is 5.91 Å². The first-order valence-corrected chi connectivity index (χ1v) is 6.32. The number of nitrogens with zero attached hydrogens (tertiary/aromatic N) is 1. The lowest BCUT2D eigenvalue weighted by Gasteiger charge is -2.22. The van der Waals surface area contributed by atoms with Gasteiger partial charge < -0.3 is 15.3 Å². The van der Waals surface area contributed by atoms with E-state index in [1.807, 2.05) is 24.0 Å². The number of rotatable bonds is 7. The molecule has 1 aromatic rings. The Kier molecular flexibility index (Phi) is 6.02. The van der Waals surface area contributed by atoms with Crippen molar-refractivity contribution in [1.82, 2.24) is 0 Å². The average molecular weight is 264 g/mol. The molecule has 104 valence electrons. The predicted molar refractivity (Wildman–Crippen MR) is 75.3 cm³/mol. The van der Waals surface area contributed by atoms with E-state index in [0.29, 0.717) is 12.2 Å². The molecular weight excluding hydrogens is 244 g/mol. The number of hydrogen-bond donors (Lipinski definition) is 2. The van der Waals surface area contributed by atoms with Crippen LogP contribution in [0, 0.1) is 0 Å². The van der Waals surface area contributed by atoms with Gasteiger partial charge in [-0.2, -0.15) is 0 Å². The van der Waals surface area contributed by atoms with E-state index in [1.165, 1.54) is 6.92 Å². The number of aliphatic hydroxyl groups excluding tert-OH is 1. The Morgan fingerprint density at radius 1 is 1.26 bits per heavy atom. The number of anilines is 2. The fourth-order valence-corrected chi connectivity index (χ4v) is 1.78. The number of nitrogens with one attached hydrogen (secondary N) is 1. The average Bonchev–Trinajstić information content (AvgIpc) is 2.36. The van der Waals surface area contributed by atoms with Crippen LogP contribution < -0.4 is 10.2 Å². The van der Waals surface area contributed by atoms with Gasteiger partial charge in [0, 0.05) is 24.5 Å². The molecule has 0 bridgehead atoms. The maximum atomic E-state index is 11.4. The standard InChI is InChI=1S/C14H20N2O3/c1-3-16(8-9-17)13-6-4-12(5-7-13)15-14(19)10-11(2)18/h4-7,17H,3,8-10H2,1-2H3,(H,15,19). The zero-order valence-corrected chi connectivity index (χ0v) is 11.3. The van der Waals surface area contributed by atoms with Gasteiger partial charge in [-0.3, -0.25) is 9.59 Å². The van der Waals surface area contributed by atoms with Crippen LogP contribution in [0.4, 0.5) is 11.4 Å². The van der Waals surface area contributed by atoms with Gasteiger partial charge in [-0.05, 0) is 38.1 Å². The van der Waals surface area contributed by atoms with Crippen molar-refractivity contribution in [2.75, 3.05) is 29.9 Å². The molecule has 0 unspecified atom stereocenters. The first kappa shape index (κ1) is 15.2. The Bertz CT molecular complexity index is 429. The van der Waals surface area contributed by atoms with Crippen molar-refractivity contribution in [1.29, 1.82) is 0 Å². The third-order valence-corrected chi connectivity index (χ3v) is 2.68. The lowest BCUT2D eigenvalue weighted by Crippen LogP contribution is -2.26. The summed E-state index contributed by atoms with van der Waals surface area (Å²) >= 11 is 0. The summed E-state index contributed by atoms with van der Waals surface area (Å²) in [4.78, 5) is 24.3. The molecule has 0 atom stereocenters. The molecule has 1 rings (SSSR count). The maximum absolute atomic E-state index is 11.4. The molecule has 0 radical (unpaired) electrons. The second kappa shape index (κ2) is 7.53. The van der Waals surface area contributed by atoms with Crippen LogP contribution in [0.1, 0.15) is 20.3 Å². The van der Waals surface area contributed by atoms with Gasteiger partial charge in [0.25, 0.3) is 0 Å². The molecule has 1 amide bonds. The number of ketones is 1. The van der Waals surface area contributed by atoms with Crippen molar-refractivity contribution in [2.24, 2.45) is 0 Å². The quantitative estimate of drug-likeness (QED) is 0.731. The summed E-state index contributed by atoms with van der Waals surface area (Å²) < 4.78 is 0. The third-order valence-electron chi connectivity index (χ3n) is 2.68. The number of Topliss-reactive ketones (excluding diaryl/α,β-unsaturated/α-hetero) is 1. The van der Waals surface area contributed by atoms with E-state index < -0.39 is 0 Å². The predicted octanol–water partition coefficient (Wildman–Crippen LogP) is 1.42. The van der Waals surface area contributed by atoms with Gasteiger partial charge in [0.15, 0.2) is 0 Å². The highest BCUT2D eigenvalue weighted by Crippen LogP contribution is 2.17. The zero-order valence-electron chi connectivity index (χ0n) is 11.3. The second-order valence-corrected chi connectivity index (χ2v) is 4.28. The Balaban J connectivity index is 2.65. The van der Waals surface area contributed by atoms with E-state index in [4.69, 9.17) is 5.11 Å². The zero-order chi connectivity index (χ0) is 14.3. The molecule has 2 N–H and O–H groups in total.